The van der Waals surface area contributed by atoms with E-state index in [0.29, 0.717) is 18.8 Å². The highest BCUT2D eigenvalue weighted by atomic mass is 16.4. The molecular formula is C16H23N3O3. The molecule has 1 saturated heterocycles. The lowest BCUT2D eigenvalue weighted by atomic mass is 9.90. The number of carbonyl (C=O) groups is 2. The summed E-state index contributed by atoms with van der Waals surface area (Å²) in [4.78, 5) is 25.4. The number of aromatic nitrogens is 2. The van der Waals surface area contributed by atoms with Gasteiger partial charge in [0, 0.05) is 24.2 Å². The molecule has 22 heavy (non-hydrogen) atoms. The molecule has 1 aromatic rings. The fourth-order valence-corrected chi connectivity index (χ4v) is 3.38. The summed E-state index contributed by atoms with van der Waals surface area (Å²) in [5.41, 5.74) is 1.27. The summed E-state index contributed by atoms with van der Waals surface area (Å²) in [6.07, 6.45) is 2.33. The molecule has 0 radical (unpaired) electrons. The Morgan fingerprint density at radius 3 is 2.45 bits per heavy atom. The monoisotopic (exact) mass is 305 g/mol. The molecule has 6 heteroatoms. The number of carboxylic acids is 1. The molecule has 1 atom stereocenters. The molecule has 2 N–H and O–H groups in total. The maximum Gasteiger partial charge on any atom is 0.307 e. The number of piperidine rings is 1. The number of hydrogen-bond donors (Lipinski definition) is 2. The van der Waals surface area contributed by atoms with Gasteiger partial charge in [0.1, 0.15) is 5.69 Å². The summed E-state index contributed by atoms with van der Waals surface area (Å²) in [6.45, 7) is 7.45. The molecule has 1 saturated carbocycles. The summed E-state index contributed by atoms with van der Waals surface area (Å²) in [5.74, 6) is -0.960. The van der Waals surface area contributed by atoms with Gasteiger partial charge in [-0.15, -0.1) is 0 Å². The van der Waals surface area contributed by atoms with Gasteiger partial charge in [0.05, 0.1) is 5.92 Å². The zero-order chi connectivity index (χ0) is 16.1. The molecule has 1 aliphatic heterocycles. The third kappa shape index (κ3) is 2.51. The van der Waals surface area contributed by atoms with Crippen molar-refractivity contribution in [2.24, 2.45) is 11.3 Å². The Morgan fingerprint density at radius 1 is 1.36 bits per heavy atom. The molecular weight excluding hydrogens is 282 g/mol. The van der Waals surface area contributed by atoms with Crippen molar-refractivity contribution in [2.45, 2.75) is 45.4 Å². The number of aromatic amines is 1. The van der Waals surface area contributed by atoms with E-state index in [1.807, 2.05) is 6.07 Å². The molecule has 6 nitrogen and oxygen atoms in total. The average molecular weight is 305 g/mol. The lowest BCUT2D eigenvalue weighted by Crippen LogP contribution is -2.40. The van der Waals surface area contributed by atoms with E-state index in [4.69, 9.17) is 5.11 Å². The number of aliphatic carboxylic acids is 1. The van der Waals surface area contributed by atoms with Crippen molar-refractivity contribution in [3.8, 4) is 0 Å². The van der Waals surface area contributed by atoms with Crippen LogP contribution in [0.1, 0.15) is 56.2 Å². The number of likely N-dealkylation sites (tertiary alicyclic amines) is 1. The molecule has 120 valence electrons. The number of hydrogen-bond acceptors (Lipinski definition) is 3. The van der Waals surface area contributed by atoms with Crippen LogP contribution >= 0.6 is 0 Å². The number of nitrogens with one attached hydrogen (secondary N) is 1. The number of carboxylic acid groups (broad SMARTS) is 1. The number of rotatable bonds is 2. The third-order valence-electron chi connectivity index (χ3n) is 5.14. The third-order valence-corrected chi connectivity index (χ3v) is 5.14. The smallest absolute Gasteiger partial charge is 0.307 e. The van der Waals surface area contributed by atoms with Gasteiger partial charge in [0.2, 0.25) is 0 Å². The fourth-order valence-electron chi connectivity index (χ4n) is 3.38. The van der Waals surface area contributed by atoms with Gasteiger partial charge >= 0.3 is 5.97 Å². The summed E-state index contributed by atoms with van der Waals surface area (Å²) in [5, 5.41) is 16.2. The Balaban J connectivity index is 1.63. The highest BCUT2D eigenvalue weighted by Gasteiger charge is 2.59. The predicted octanol–water partition coefficient (Wildman–Crippen LogP) is 2.03. The summed E-state index contributed by atoms with van der Waals surface area (Å²) in [7, 11) is 0. The van der Waals surface area contributed by atoms with Crippen LogP contribution in [0.5, 0.6) is 0 Å². The largest absolute Gasteiger partial charge is 0.481 e. The van der Waals surface area contributed by atoms with Gasteiger partial charge in [0.15, 0.2) is 0 Å². The summed E-state index contributed by atoms with van der Waals surface area (Å²) >= 11 is 0. The summed E-state index contributed by atoms with van der Waals surface area (Å²) < 4.78 is 0. The Labute approximate surface area is 129 Å². The molecule has 1 aromatic heterocycles. The Morgan fingerprint density at radius 2 is 2.00 bits per heavy atom. The van der Waals surface area contributed by atoms with Crippen LogP contribution in [0.2, 0.25) is 0 Å². The number of carbonyl (C=O) groups excluding carboxylic acids is 1. The van der Waals surface area contributed by atoms with E-state index in [1.165, 1.54) is 0 Å². The zero-order valence-corrected chi connectivity index (χ0v) is 13.3. The van der Waals surface area contributed by atoms with E-state index < -0.39 is 5.97 Å². The molecule has 2 heterocycles. The second kappa shape index (κ2) is 4.83. The maximum absolute atomic E-state index is 12.5. The average Bonchev–Trinajstić information content (AvgIpc) is 2.93. The molecule has 2 aliphatic rings. The standard InChI is InChI=1S/C16H23N3O3/c1-15(2,3)12-8-11(17-18-12)13(20)19-6-4-16(5-7-19)9-10(16)14(21)22/h8,10H,4-7,9H2,1-3H3,(H,17,18)(H,21,22). The second-order valence-corrected chi connectivity index (χ2v) is 7.67. The van der Waals surface area contributed by atoms with Crippen LogP contribution in [0.4, 0.5) is 0 Å². The van der Waals surface area contributed by atoms with Crippen molar-refractivity contribution in [1.29, 1.82) is 0 Å². The van der Waals surface area contributed by atoms with Crippen molar-refractivity contribution in [1.82, 2.24) is 15.1 Å². The SMILES string of the molecule is CC(C)(C)c1cc(C(=O)N2CCC3(CC2)CC3C(=O)O)n[nH]1. The van der Waals surface area contributed by atoms with Gasteiger partial charge < -0.3 is 10.0 Å². The van der Waals surface area contributed by atoms with E-state index in [2.05, 4.69) is 31.0 Å². The fraction of sp³-hybridized carbons (Fsp3) is 0.688. The van der Waals surface area contributed by atoms with E-state index in [9.17, 15) is 9.59 Å². The minimum atomic E-state index is -0.693. The minimum absolute atomic E-state index is 0.0508. The van der Waals surface area contributed by atoms with Crippen LogP contribution in [0, 0.1) is 11.3 Å². The highest BCUT2D eigenvalue weighted by molar-refractivity contribution is 5.92. The van der Waals surface area contributed by atoms with Gasteiger partial charge in [-0.25, -0.2) is 0 Å². The van der Waals surface area contributed by atoms with Gasteiger partial charge in [0.25, 0.3) is 5.91 Å². The Bertz CT molecular complexity index is 606. The van der Waals surface area contributed by atoms with Crippen LogP contribution in [-0.4, -0.2) is 45.2 Å². The number of amides is 1. The normalized spacial score (nSPS) is 23.6. The van der Waals surface area contributed by atoms with Crippen LogP contribution in [0.3, 0.4) is 0 Å². The van der Waals surface area contributed by atoms with E-state index in [-0.39, 0.29) is 22.7 Å². The van der Waals surface area contributed by atoms with Crippen molar-refractivity contribution in [3.05, 3.63) is 17.5 Å². The van der Waals surface area contributed by atoms with E-state index in [0.717, 1.165) is 25.0 Å². The van der Waals surface area contributed by atoms with Crippen LogP contribution < -0.4 is 0 Å². The highest BCUT2D eigenvalue weighted by Crippen LogP contribution is 2.59. The van der Waals surface area contributed by atoms with Crippen molar-refractivity contribution in [2.75, 3.05) is 13.1 Å². The minimum Gasteiger partial charge on any atom is -0.481 e. The zero-order valence-electron chi connectivity index (χ0n) is 13.3. The predicted molar refractivity (Wildman–Crippen MR) is 80.6 cm³/mol. The van der Waals surface area contributed by atoms with Crippen LogP contribution in [0.15, 0.2) is 6.07 Å². The topological polar surface area (TPSA) is 86.3 Å². The molecule has 1 amide bonds. The quantitative estimate of drug-likeness (QED) is 0.875. The lowest BCUT2D eigenvalue weighted by Gasteiger charge is -2.32. The Kier molecular flexibility index (Phi) is 3.30. The van der Waals surface area contributed by atoms with Crippen LogP contribution in [-0.2, 0) is 10.2 Å². The molecule has 3 rings (SSSR count). The van der Waals surface area contributed by atoms with Gasteiger partial charge in [-0.05, 0) is 30.7 Å². The molecule has 2 fully saturated rings. The molecule has 0 aromatic carbocycles. The Hall–Kier alpha value is -1.85. The first kappa shape index (κ1) is 15.1. The van der Waals surface area contributed by atoms with Gasteiger partial charge in [-0.1, -0.05) is 20.8 Å². The molecule has 1 aliphatic carbocycles. The summed E-state index contributed by atoms with van der Waals surface area (Å²) in [6, 6.07) is 1.82. The van der Waals surface area contributed by atoms with Crippen molar-refractivity contribution < 1.29 is 14.7 Å². The lowest BCUT2D eigenvalue weighted by molar-refractivity contribution is -0.139. The molecule has 1 spiro atoms. The second-order valence-electron chi connectivity index (χ2n) is 7.67. The maximum atomic E-state index is 12.5. The van der Waals surface area contributed by atoms with Crippen LogP contribution in [0.25, 0.3) is 0 Å². The van der Waals surface area contributed by atoms with E-state index in [1.54, 1.807) is 4.90 Å². The molecule has 0 bridgehead atoms. The number of nitrogens with zero attached hydrogens (tertiary/aromatic N) is 2. The van der Waals surface area contributed by atoms with Crippen molar-refractivity contribution >= 4 is 11.9 Å². The number of H-pyrrole nitrogens is 1. The van der Waals surface area contributed by atoms with Gasteiger partial charge in [-0.3, -0.25) is 14.7 Å². The first-order valence-electron chi connectivity index (χ1n) is 7.81. The first-order valence-corrected chi connectivity index (χ1v) is 7.81. The van der Waals surface area contributed by atoms with Crippen molar-refractivity contribution in [3.63, 3.8) is 0 Å². The van der Waals surface area contributed by atoms with E-state index >= 15 is 0 Å². The first-order chi connectivity index (χ1) is 10.2. The molecule has 1 unspecified atom stereocenters. The van der Waals surface area contributed by atoms with Gasteiger partial charge in [-0.2, -0.15) is 5.10 Å².